The highest BCUT2D eigenvalue weighted by Crippen LogP contribution is 2.41. The summed E-state index contributed by atoms with van der Waals surface area (Å²) in [7, 11) is 0. The van der Waals surface area contributed by atoms with Crippen LogP contribution >= 0.6 is 12.6 Å². The summed E-state index contributed by atoms with van der Waals surface area (Å²) >= 11 is 4.06. The first-order valence-electron chi connectivity index (χ1n) is 10.4. The summed E-state index contributed by atoms with van der Waals surface area (Å²) in [6, 6.07) is 4.03. The molecule has 1 rings (SSSR count). The fourth-order valence-electron chi connectivity index (χ4n) is 2.89. The number of benzene rings is 1. The first kappa shape index (κ1) is 26.3. The van der Waals surface area contributed by atoms with E-state index in [1.807, 2.05) is 12.1 Å². The second-order valence-corrected chi connectivity index (χ2v) is 11.0. The molecule has 0 aliphatic heterocycles. The number of esters is 1. The Morgan fingerprint density at radius 3 is 1.80 bits per heavy atom. The minimum atomic E-state index is -0.721. The first-order chi connectivity index (χ1) is 13.5. The molecule has 0 heterocycles. The van der Waals surface area contributed by atoms with Gasteiger partial charge in [-0.3, -0.25) is 4.79 Å². The first-order valence-corrected chi connectivity index (χ1v) is 11.0. The molecule has 0 radical (unpaired) electrons. The number of hydrogen-bond acceptors (Lipinski definition) is 6. The van der Waals surface area contributed by atoms with Gasteiger partial charge in [0.05, 0.1) is 0 Å². The maximum Gasteiger partial charge on any atom is 0.514 e. The van der Waals surface area contributed by atoms with Crippen molar-refractivity contribution in [2.75, 3.05) is 12.4 Å². The van der Waals surface area contributed by atoms with Crippen LogP contribution in [0.25, 0.3) is 0 Å². The molecule has 0 aliphatic rings. The van der Waals surface area contributed by atoms with Crippen molar-refractivity contribution in [1.82, 2.24) is 0 Å². The van der Waals surface area contributed by atoms with Gasteiger partial charge in [0, 0.05) is 23.3 Å². The smallest absolute Gasteiger partial charge is 0.465 e. The molecule has 0 aromatic heterocycles. The van der Waals surface area contributed by atoms with E-state index < -0.39 is 11.8 Å². The maximum absolute atomic E-state index is 12.5. The Hall–Kier alpha value is -1.69. The summed E-state index contributed by atoms with van der Waals surface area (Å²) in [6.45, 7) is 18.2. The van der Waals surface area contributed by atoms with Crippen LogP contribution in [0.15, 0.2) is 12.1 Å². The summed E-state index contributed by atoms with van der Waals surface area (Å²) in [5.74, 6) is 0.795. The Kier molecular flexibility index (Phi) is 8.85. The van der Waals surface area contributed by atoms with E-state index in [0.29, 0.717) is 24.5 Å². The molecule has 5 nitrogen and oxygen atoms in total. The zero-order valence-corrected chi connectivity index (χ0v) is 20.9. The van der Waals surface area contributed by atoms with E-state index in [-0.39, 0.29) is 23.2 Å². The van der Waals surface area contributed by atoms with E-state index in [1.54, 1.807) is 20.8 Å². The van der Waals surface area contributed by atoms with Crippen LogP contribution in [-0.4, -0.2) is 30.1 Å². The normalized spacial score (nSPS) is 12.5. The molecule has 0 N–H and O–H groups in total. The van der Waals surface area contributed by atoms with E-state index in [1.165, 1.54) is 0 Å². The molecule has 30 heavy (non-hydrogen) atoms. The monoisotopic (exact) mass is 438 g/mol. The number of aryl methyl sites for hydroxylation is 1. The number of ether oxygens (including phenoxy) is 3. The van der Waals surface area contributed by atoms with Gasteiger partial charge >= 0.3 is 12.1 Å². The number of carbonyl (C=O) groups is 2. The van der Waals surface area contributed by atoms with Gasteiger partial charge in [0.25, 0.3) is 0 Å². The van der Waals surface area contributed by atoms with Gasteiger partial charge in [-0.05, 0) is 43.6 Å². The van der Waals surface area contributed by atoms with Crippen molar-refractivity contribution in [3.63, 3.8) is 0 Å². The molecule has 0 aliphatic carbocycles. The van der Waals surface area contributed by atoms with Crippen molar-refractivity contribution < 1.29 is 23.8 Å². The lowest BCUT2D eigenvalue weighted by molar-refractivity contribution is -0.142. The molecule has 1 aromatic carbocycles. The quantitative estimate of drug-likeness (QED) is 0.335. The lowest BCUT2D eigenvalue weighted by Crippen LogP contribution is -2.28. The lowest BCUT2D eigenvalue weighted by atomic mass is 9.78. The van der Waals surface area contributed by atoms with Crippen LogP contribution in [0, 0.1) is 0 Å². The number of hydrogen-bond donors (Lipinski definition) is 1. The van der Waals surface area contributed by atoms with Crippen LogP contribution in [0.2, 0.25) is 0 Å². The van der Waals surface area contributed by atoms with Crippen molar-refractivity contribution in [3.05, 3.63) is 28.8 Å². The van der Waals surface area contributed by atoms with E-state index in [9.17, 15) is 9.59 Å². The average molecular weight is 439 g/mol. The molecule has 6 heteroatoms. The van der Waals surface area contributed by atoms with E-state index >= 15 is 0 Å². The van der Waals surface area contributed by atoms with Gasteiger partial charge in [-0.1, -0.05) is 53.7 Å². The molecule has 0 saturated heterocycles. The van der Waals surface area contributed by atoms with Crippen molar-refractivity contribution >= 4 is 24.8 Å². The molecule has 0 unspecified atom stereocenters. The largest absolute Gasteiger partial charge is 0.514 e. The number of rotatable bonds is 6. The molecule has 170 valence electrons. The standard InChI is InChI=1S/C24H38O5S/c1-22(2,3)17-14-16(10-11-19(25)27-12-13-30)15-18(23(4,5)6)20(17)28-21(26)29-24(7,8)9/h14-15,30H,10-13H2,1-9H3. The SMILES string of the molecule is CC(C)(C)OC(=O)Oc1c(C(C)(C)C)cc(CCC(=O)OCCS)cc1C(C)(C)C. The molecule has 0 atom stereocenters. The van der Waals surface area contributed by atoms with Crippen LogP contribution in [0.3, 0.4) is 0 Å². The summed E-state index contributed by atoms with van der Waals surface area (Å²) in [5, 5.41) is 0. The predicted octanol–water partition coefficient (Wildman–Crippen LogP) is 6.00. The third-order valence-electron chi connectivity index (χ3n) is 4.31. The zero-order chi connectivity index (χ0) is 23.3. The Bertz CT molecular complexity index is 713. The van der Waals surface area contributed by atoms with Gasteiger partial charge in [0.15, 0.2) is 0 Å². The Morgan fingerprint density at radius 2 is 1.40 bits per heavy atom. The van der Waals surface area contributed by atoms with Crippen molar-refractivity contribution in [1.29, 1.82) is 0 Å². The highest BCUT2D eigenvalue weighted by molar-refractivity contribution is 7.80. The van der Waals surface area contributed by atoms with Crippen LogP contribution in [0.5, 0.6) is 5.75 Å². The fourth-order valence-corrected chi connectivity index (χ4v) is 2.98. The van der Waals surface area contributed by atoms with Crippen molar-refractivity contribution in [2.45, 2.75) is 91.6 Å². The van der Waals surface area contributed by atoms with Gasteiger partial charge < -0.3 is 14.2 Å². The van der Waals surface area contributed by atoms with Gasteiger partial charge in [0.1, 0.15) is 18.0 Å². The van der Waals surface area contributed by atoms with Gasteiger partial charge in [0.2, 0.25) is 0 Å². The molecule has 0 amide bonds. The highest BCUT2D eigenvalue weighted by Gasteiger charge is 2.30. The molecule has 0 bridgehead atoms. The second-order valence-electron chi connectivity index (χ2n) is 10.5. The summed E-state index contributed by atoms with van der Waals surface area (Å²) in [6.07, 6.45) is 0.110. The predicted molar refractivity (Wildman–Crippen MR) is 124 cm³/mol. The highest BCUT2D eigenvalue weighted by atomic mass is 32.1. The third kappa shape index (κ3) is 8.58. The summed E-state index contributed by atoms with van der Waals surface area (Å²) in [5.41, 5.74) is 1.61. The van der Waals surface area contributed by atoms with Crippen LogP contribution in [0.1, 0.15) is 85.4 Å². The van der Waals surface area contributed by atoms with Crippen molar-refractivity contribution in [2.24, 2.45) is 0 Å². The van der Waals surface area contributed by atoms with E-state index in [2.05, 4.69) is 54.2 Å². The van der Waals surface area contributed by atoms with Crippen LogP contribution in [-0.2, 0) is 31.5 Å². The molecule has 0 saturated carbocycles. The van der Waals surface area contributed by atoms with E-state index in [0.717, 1.165) is 16.7 Å². The maximum atomic E-state index is 12.5. The van der Waals surface area contributed by atoms with Crippen LogP contribution in [0.4, 0.5) is 4.79 Å². The topological polar surface area (TPSA) is 61.8 Å². The zero-order valence-electron chi connectivity index (χ0n) is 20.0. The second kappa shape index (κ2) is 10.1. The minimum absolute atomic E-state index is 0.243. The Labute approximate surface area is 187 Å². The Morgan fingerprint density at radius 1 is 0.900 bits per heavy atom. The van der Waals surface area contributed by atoms with Gasteiger partial charge in [-0.25, -0.2) is 4.79 Å². The summed E-state index contributed by atoms with van der Waals surface area (Å²) in [4.78, 5) is 24.4. The Balaban J connectivity index is 3.38. The number of carbonyl (C=O) groups excluding carboxylic acids is 2. The van der Waals surface area contributed by atoms with Crippen LogP contribution < -0.4 is 4.74 Å². The number of thiol groups is 1. The fraction of sp³-hybridized carbons (Fsp3) is 0.667. The minimum Gasteiger partial charge on any atom is -0.465 e. The lowest BCUT2D eigenvalue weighted by Gasteiger charge is -2.30. The molecule has 1 aromatic rings. The third-order valence-corrected chi connectivity index (χ3v) is 4.49. The summed E-state index contributed by atoms with van der Waals surface area (Å²) < 4.78 is 16.3. The average Bonchev–Trinajstić information content (AvgIpc) is 2.54. The van der Waals surface area contributed by atoms with E-state index in [4.69, 9.17) is 14.2 Å². The van der Waals surface area contributed by atoms with Gasteiger partial charge in [-0.15, -0.1) is 0 Å². The molecule has 0 fully saturated rings. The molecular weight excluding hydrogens is 400 g/mol. The molecule has 0 spiro atoms. The molecular formula is C24H38O5S. The van der Waals surface area contributed by atoms with Gasteiger partial charge in [-0.2, -0.15) is 12.6 Å². The van der Waals surface area contributed by atoms with Crippen molar-refractivity contribution in [3.8, 4) is 5.75 Å².